The molecule has 0 fully saturated rings. The third-order valence-electron chi connectivity index (χ3n) is 4.15. The molecule has 2 amide bonds. The summed E-state index contributed by atoms with van der Waals surface area (Å²) in [7, 11) is 1.45. The Morgan fingerprint density at radius 2 is 2.04 bits per heavy atom. The molecule has 0 spiro atoms. The molecule has 0 aliphatic carbocycles. The molecule has 2 aromatic rings. The first-order valence-corrected chi connectivity index (χ1v) is 8.66. The minimum atomic E-state index is -1.15. The number of amides is 2. The van der Waals surface area contributed by atoms with Crippen LogP contribution in [0.15, 0.2) is 36.4 Å². The normalized spacial score (nSPS) is 15.5. The number of aromatic carboxylic acids is 1. The highest BCUT2D eigenvalue weighted by atomic mass is 35.5. The quantitative estimate of drug-likeness (QED) is 0.793. The van der Waals surface area contributed by atoms with Crippen molar-refractivity contribution in [2.45, 2.75) is 13.0 Å². The highest BCUT2D eigenvalue weighted by Gasteiger charge is 2.33. The molecule has 1 unspecified atom stereocenters. The first kappa shape index (κ1) is 19.5. The van der Waals surface area contributed by atoms with Crippen LogP contribution in [0.3, 0.4) is 0 Å². The summed E-state index contributed by atoms with van der Waals surface area (Å²) in [6, 6.07) is 8.89. The third-order valence-corrected chi connectivity index (χ3v) is 4.39. The summed E-state index contributed by atoms with van der Waals surface area (Å²) in [5.74, 6) is -1.38. The molecule has 9 heteroatoms. The maximum Gasteiger partial charge on any atom is 0.335 e. The molecule has 2 aromatic carbocycles. The van der Waals surface area contributed by atoms with Crippen LogP contribution in [0.4, 0.5) is 11.4 Å². The second-order valence-electron chi connectivity index (χ2n) is 6.06. The number of ether oxygens (including phenoxy) is 2. The van der Waals surface area contributed by atoms with Gasteiger partial charge in [-0.15, -0.1) is 0 Å². The van der Waals surface area contributed by atoms with Crippen LogP contribution in [0.5, 0.6) is 11.5 Å². The van der Waals surface area contributed by atoms with E-state index < -0.39 is 23.9 Å². The largest absolute Gasteiger partial charge is 0.495 e. The van der Waals surface area contributed by atoms with Crippen molar-refractivity contribution < 1.29 is 29.0 Å². The van der Waals surface area contributed by atoms with Gasteiger partial charge in [-0.05, 0) is 43.3 Å². The molecule has 1 atom stereocenters. The lowest BCUT2D eigenvalue weighted by atomic mass is 10.1. The van der Waals surface area contributed by atoms with E-state index in [1.165, 1.54) is 36.3 Å². The number of halogens is 1. The highest BCUT2D eigenvalue weighted by Crippen LogP contribution is 2.35. The maximum atomic E-state index is 12.6. The predicted octanol–water partition coefficient (Wildman–Crippen LogP) is 2.80. The second kappa shape index (κ2) is 7.77. The molecule has 1 aliphatic heterocycles. The van der Waals surface area contributed by atoms with Crippen molar-refractivity contribution >= 4 is 40.8 Å². The van der Waals surface area contributed by atoms with Gasteiger partial charge in [-0.3, -0.25) is 14.5 Å². The van der Waals surface area contributed by atoms with Crippen molar-refractivity contribution in [1.29, 1.82) is 0 Å². The zero-order valence-corrected chi connectivity index (χ0v) is 15.8. The van der Waals surface area contributed by atoms with Gasteiger partial charge in [-0.1, -0.05) is 11.6 Å². The van der Waals surface area contributed by atoms with Crippen molar-refractivity contribution in [2.24, 2.45) is 0 Å². The van der Waals surface area contributed by atoms with E-state index in [4.69, 9.17) is 21.1 Å². The number of carboxylic acid groups (broad SMARTS) is 1. The Morgan fingerprint density at radius 3 is 2.71 bits per heavy atom. The van der Waals surface area contributed by atoms with Gasteiger partial charge in [-0.2, -0.15) is 0 Å². The lowest BCUT2D eigenvalue weighted by molar-refractivity contribution is -0.127. The fourth-order valence-electron chi connectivity index (χ4n) is 2.81. The van der Waals surface area contributed by atoms with Gasteiger partial charge in [-0.25, -0.2) is 4.79 Å². The van der Waals surface area contributed by atoms with Gasteiger partial charge in [0.25, 0.3) is 5.91 Å². The number of methoxy groups -OCH3 is 1. The number of carboxylic acids is 1. The van der Waals surface area contributed by atoms with Crippen LogP contribution in [-0.2, 0) is 9.59 Å². The van der Waals surface area contributed by atoms with Crippen molar-refractivity contribution in [3.8, 4) is 11.5 Å². The number of hydrogen-bond acceptors (Lipinski definition) is 5. The number of carbonyl (C=O) groups excluding carboxylic acids is 2. The Morgan fingerprint density at radius 1 is 1.29 bits per heavy atom. The lowest BCUT2D eigenvalue weighted by Gasteiger charge is -2.32. The summed E-state index contributed by atoms with van der Waals surface area (Å²) in [5, 5.41) is 12.3. The van der Waals surface area contributed by atoms with Crippen molar-refractivity contribution in [2.75, 3.05) is 23.9 Å². The number of anilines is 2. The molecular formula is C19H17ClN2O6. The first-order valence-electron chi connectivity index (χ1n) is 8.29. The summed E-state index contributed by atoms with van der Waals surface area (Å²) >= 11 is 5.96. The van der Waals surface area contributed by atoms with Crippen LogP contribution in [0.1, 0.15) is 17.3 Å². The summed E-state index contributed by atoms with van der Waals surface area (Å²) in [6.07, 6.45) is -0.809. The molecular weight excluding hydrogens is 388 g/mol. The van der Waals surface area contributed by atoms with E-state index in [0.717, 1.165) is 0 Å². The molecule has 146 valence electrons. The number of rotatable bonds is 5. The summed E-state index contributed by atoms with van der Waals surface area (Å²) in [4.78, 5) is 37.6. The number of nitrogens with one attached hydrogen (secondary N) is 1. The van der Waals surface area contributed by atoms with Crippen LogP contribution < -0.4 is 19.7 Å². The van der Waals surface area contributed by atoms with Gasteiger partial charge in [0, 0.05) is 5.02 Å². The van der Waals surface area contributed by atoms with Gasteiger partial charge >= 0.3 is 5.97 Å². The lowest BCUT2D eigenvalue weighted by Crippen LogP contribution is -2.47. The first-order chi connectivity index (χ1) is 13.3. The van der Waals surface area contributed by atoms with E-state index in [9.17, 15) is 19.5 Å². The summed E-state index contributed by atoms with van der Waals surface area (Å²) < 4.78 is 10.7. The minimum absolute atomic E-state index is 0.0216. The number of hydrogen-bond donors (Lipinski definition) is 2. The van der Waals surface area contributed by atoms with E-state index in [1.54, 1.807) is 19.1 Å². The second-order valence-corrected chi connectivity index (χ2v) is 6.50. The van der Waals surface area contributed by atoms with E-state index in [-0.39, 0.29) is 17.8 Å². The van der Waals surface area contributed by atoms with Crippen molar-refractivity contribution in [3.05, 3.63) is 47.0 Å². The Hall–Kier alpha value is -3.26. The Kier molecular flexibility index (Phi) is 5.41. The minimum Gasteiger partial charge on any atom is -0.495 e. The number of benzene rings is 2. The standard InChI is InChI=1S/C19H17ClN2O6/c1-10-18(24)22(14-7-11(19(25)26)3-5-16(14)28-10)9-17(23)21-13-8-12(20)4-6-15(13)27-2/h3-8,10H,9H2,1-2H3,(H,21,23)(H,25,26). The van der Waals surface area contributed by atoms with Gasteiger partial charge in [0.1, 0.15) is 18.0 Å². The van der Waals surface area contributed by atoms with Gasteiger partial charge < -0.3 is 19.9 Å². The molecule has 28 heavy (non-hydrogen) atoms. The molecule has 0 saturated heterocycles. The SMILES string of the molecule is COc1ccc(Cl)cc1NC(=O)CN1C(=O)C(C)Oc2ccc(C(=O)O)cc21. The Bertz CT molecular complexity index is 961. The van der Waals surface area contributed by atoms with Gasteiger partial charge in [0.15, 0.2) is 6.10 Å². The molecule has 2 N–H and O–H groups in total. The Labute approximate surface area is 165 Å². The fourth-order valence-corrected chi connectivity index (χ4v) is 2.99. The average Bonchev–Trinajstić information content (AvgIpc) is 2.65. The van der Waals surface area contributed by atoms with Crippen LogP contribution in [-0.4, -0.2) is 42.6 Å². The topological polar surface area (TPSA) is 105 Å². The summed E-state index contributed by atoms with van der Waals surface area (Å²) in [6.45, 7) is 1.22. The van der Waals surface area contributed by atoms with Gasteiger partial charge in [0.05, 0.1) is 24.0 Å². The number of carbonyl (C=O) groups is 3. The predicted molar refractivity (Wildman–Crippen MR) is 102 cm³/mol. The smallest absolute Gasteiger partial charge is 0.335 e. The summed E-state index contributed by atoms with van der Waals surface area (Å²) in [5.41, 5.74) is 0.552. The fraction of sp³-hybridized carbons (Fsp3) is 0.211. The monoisotopic (exact) mass is 404 g/mol. The van der Waals surface area contributed by atoms with Crippen LogP contribution in [0.2, 0.25) is 5.02 Å². The molecule has 0 bridgehead atoms. The van der Waals surface area contributed by atoms with E-state index in [0.29, 0.717) is 22.2 Å². The molecule has 1 heterocycles. The van der Waals surface area contributed by atoms with Crippen molar-refractivity contribution in [1.82, 2.24) is 0 Å². The zero-order valence-electron chi connectivity index (χ0n) is 15.1. The van der Waals surface area contributed by atoms with E-state index in [1.807, 2.05) is 0 Å². The van der Waals surface area contributed by atoms with Crippen LogP contribution in [0, 0.1) is 0 Å². The third kappa shape index (κ3) is 3.86. The molecule has 0 saturated carbocycles. The number of fused-ring (bicyclic) bond motifs is 1. The van der Waals surface area contributed by atoms with Gasteiger partial charge in [0.2, 0.25) is 5.91 Å². The molecule has 3 rings (SSSR count). The average molecular weight is 405 g/mol. The van der Waals surface area contributed by atoms with E-state index >= 15 is 0 Å². The van der Waals surface area contributed by atoms with E-state index in [2.05, 4.69) is 5.32 Å². The molecule has 1 aliphatic rings. The highest BCUT2D eigenvalue weighted by molar-refractivity contribution is 6.31. The zero-order chi connectivity index (χ0) is 20.4. The molecule has 0 aromatic heterocycles. The number of nitrogens with zero attached hydrogens (tertiary/aromatic N) is 1. The van der Waals surface area contributed by atoms with Crippen molar-refractivity contribution in [3.63, 3.8) is 0 Å². The van der Waals surface area contributed by atoms with Crippen LogP contribution in [0.25, 0.3) is 0 Å². The maximum absolute atomic E-state index is 12.6. The molecule has 0 radical (unpaired) electrons. The Balaban J connectivity index is 1.88. The van der Waals surface area contributed by atoms with Crippen LogP contribution >= 0.6 is 11.6 Å². The molecule has 8 nitrogen and oxygen atoms in total.